The molecule has 2 aromatic rings. The first-order valence-corrected chi connectivity index (χ1v) is 6.65. The fraction of sp³-hybridized carbons (Fsp3) is 0.182. The van der Waals surface area contributed by atoms with Crippen LogP contribution in [0.2, 0.25) is 0 Å². The molecule has 0 spiro atoms. The van der Waals surface area contributed by atoms with Gasteiger partial charge in [-0.05, 0) is 18.2 Å². The summed E-state index contributed by atoms with van der Waals surface area (Å²) in [7, 11) is -3.32. The average molecular weight is 250 g/mol. The summed E-state index contributed by atoms with van der Waals surface area (Å²) in [4.78, 5) is 3.07. The molecule has 2 rings (SSSR count). The highest BCUT2D eigenvalue weighted by molar-refractivity contribution is 7.89. The minimum Gasteiger partial charge on any atom is -0.426 e. The lowest BCUT2D eigenvalue weighted by Crippen LogP contribution is -2.08. The second-order valence-corrected chi connectivity index (χ2v) is 5.39. The van der Waals surface area contributed by atoms with Crippen molar-refractivity contribution in [3.8, 4) is 5.75 Å². The van der Waals surface area contributed by atoms with E-state index in [9.17, 15) is 8.42 Å². The smallest absolute Gasteiger partial charge is 0.357 e. The van der Waals surface area contributed by atoms with E-state index >= 15 is 0 Å². The van der Waals surface area contributed by atoms with E-state index in [1.54, 1.807) is 24.3 Å². The quantitative estimate of drug-likeness (QED) is 0.779. The van der Waals surface area contributed by atoms with Gasteiger partial charge in [-0.25, -0.2) is 19.0 Å². The Morgan fingerprint density at radius 1 is 1.41 bits per heavy atom. The van der Waals surface area contributed by atoms with Gasteiger partial charge < -0.3 is 4.74 Å². The van der Waals surface area contributed by atoms with Crippen molar-refractivity contribution in [2.75, 3.05) is 13.0 Å². The van der Waals surface area contributed by atoms with Gasteiger partial charge in [0.25, 0.3) is 0 Å². The standard InChI is InChI=1S/C11H10N2O3S/c1-12-8-16-10-4-3-9-5-6-13(11(9)7-10)17(2,14)15/h3-7H,8H2,2H3. The summed E-state index contributed by atoms with van der Waals surface area (Å²) in [5.74, 6) is 0.483. The minimum atomic E-state index is -3.32. The summed E-state index contributed by atoms with van der Waals surface area (Å²) in [6.45, 7) is 6.55. The van der Waals surface area contributed by atoms with Gasteiger partial charge in [-0.15, -0.1) is 0 Å². The van der Waals surface area contributed by atoms with Gasteiger partial charge in [0.05, 0.1) is 11.8 Å². The molecule has 1 heterocycles. The second kappa shape index (κ2) is 4.11. The molecule has 5 nitrogen and oxygen atoms in total. The van der Waals surface area contributed by atoms with E-state index in [1.165, 1.54) is 10.2 Å². The molecule has 0 aliphatic rings. The van der Waals surface area contributed by atoms with Gasteiger partial charge in [-0.2, -0.15) is 0 Å². The molecule has 0 bridgehead atoms. The molecule has 0 unspecified atom stereocenters. The topological polar surface area (TPSA) is 52.7 Å². The van der Waals surface area contributed by atoms with Gasteiger partial charge >= 0.3 is 6.73 Å². The van der Waals surface area contributed by atoms with E-state index in [0.717, 1.165) is 11.6 Å². The number of hydrogen-bond donors (Lipinski definition) is 0. The number of hydrogen-bond acceptors (Lipinski definition) is 3. The largest absolute Gasteiger partial charge is 0.426 e. The number of rotatable bonds is 3. The van der Waals surface area contributed by atoms with Crippen LogP contribution in [0.3, 0.4) is 0 Å². The van der Waals surface area contributed by atoms with Crippen LogP contribution in [0.15, 0.2) is 30.5 Å². The van der Waals surface area contributed by atoms with Crippen LogP contribution < -0.4 is 4.74 Å². The van der Waals surface area contributed by atoms with Crippen LogP contribution in [0.5, 0.6) is 5.75 Å². The van der Waals surface area contributed by atoms with Gasteiger partial charge in [-0.1, -0.05) is 0 Å². The molecule has 1 aromatic heterocycles. The van der Waals surface area contributed by atoms with E-state index in [-0.39, 0.29) is 6.73 Å². The molecule has 0 saturated carbocycles. The minimum absolute atomic E-state index is 0.0783. The van der Waals surface area contributed by atoms with Crippen molar-refractivity contribution in [2.24, 2.45) is 0 Å². The maximum Gasteiger partial charge on any atom is 0.357 e. The maximum absolute atomic E-state index is 11.5. The monoisotopic (exact) mass is 250 g/mol. The molecule has 0 atom stereocenters. The van der Waals surface area contributed by atoms with Crippen LogP contribution in [0.1, 0.15) is 0 Å². The molecule has 0 N–H and O–H groups in total. The van der Waals surface area contributed by atoms with Crippen LogP contribution in [0, 0.1) is 6.57 Å². The predicted octanol–water partition coefficient (Wildman–Crippen LogP) is 1.70. The van der Waals surface area contributed by atoms with Gasteiger partial charge in [-0.3, -0.25) is 4.85 Å². The molecule has 6 heteroatoms. The summed E-state index contributed by atoms with van der Waals surface area (Å²) in [6.07, 6.45) is 2.64. The summed E-state index contributed by atoms with van der Waals surface area (Å²) in [5.41, 5.74) is 0.551. The Balaban J connectivity index is 2.55. The lowest BCUT2D eigenvalue weighted by molar-refractivity contribution is 0.361. The lowest BCUT2D eigenvalue weighted by atomic mass is 10.2. The summed E-state index contributed by atoms with van der Waals surface area (Å²) in [6, 6.07) is 6.80. The van der Waals surface area contributed by atoms with E-state index in [1.807, 2.05) is 0 Å². The average Bonchev–Trinajstić information content (AvgIpc) is 2.68. The number of fused-ring (bicyclic) bond motifs is 1. The van der Waals surface area contributed by atoms with Crippen LogP contribution >= 0.6 is 0 Å². The Kier molecular flexibility index (Phi) is 2.77. The maximum atomic E-state index is 11.5. The van der Waals surface area contributed by atoms with E-state index < -0.39 is 10.0 Å². The highest BCUT2D eigenvalue weighted by Crippen LogP contribution is 2.23. The van der Waals surface area contributed by atoms with Gasteiger partial charge in [0.2, 0.25) is 10.0 Å². The fourth-order valence-corrected chi connectivity index (χ4v) is 2.37. The van der Waals surface area contributed by atoms with Crippen molar-refractivity contribution in [3.63, 3.8) is 0 Å². The molecule has 0 amide bonds. The second-order valence-electron chi connectivity index (χ2n) is 3.53. The third-order valence-corrected chi connectivity index (χ3v) is 3.31. The van der Waals surface area contributed by atoms with Crippen molar-refractivity contribution >= 4 is 20.9 Å². The highest BCUT2D eigenvalue weighted by atomic mass is 32.2. The molecule has 1 aromatic carbocycles. The molecule has 0 radical (unpaired) electrons. The summed E-state index contributed by atoms with van der Waals surface area (Å²) < 4.78 is 29.3. The number of aromatic nitrogens is 1. The van der Waals surface area contributed by atoms with Crippen molar-refractivity contribution in [1.82, 2.24) is 3.97 Å². The molecule has 17 heavy (non-hydrogen) atoms. The van der Waals surface area contributed by atoms with Crippen LogP contribution in [0.4, 0.5) is 0 Å². The van der Waals surface area contributed by atoms with E-state index in [2.05, 4.69) is 4.85 Å². The first-order valence-electron chi connectivity index (χ1n) is 4.80. The molecular formula is C11H10N2O3S. The normalized spacial score (nSPS) is 11.3. The van der Waals surface area contributed by atoms with Crippen LogP contribution in [-0.4, -0.2) is 25.4 Å². The van der Waals surface area contributed by atoms with Gasteiger partial charge in [0, 0.05) is 17.6 Å². The highest BCUT2D eigenvalue weighted by Gasteiger charge is 2.10. The van der Waals surface area contributed by atoms with E-state index in [0.29, 0.717) is 11.3 Å². The molecular weight excluding hydrogens is 240 g/mol. The third kappa shape index (κ3) is 2.24. The Morgan fingerprint density at radius 3 is 2.82 bits per heavy atom. The fourth-order valence-electron chi connectivity index (χ4n) is 1.57. The third-order valence-electron chi connectivity index (χ3n) is 2.28. The zero-order valence-corrected chi connectivity index (χ0v) is 9.94. The Bertz CT molecular complexity index is 695. The van der Waals surface area contributed by atoms with Crippen molar-refractivity contribution < 1.29 is 13.2 Å². The van der Waals surface area contributed by atoms with Gasteiger partial charge in [0.1, 0.15) is 5.75 Å². The van der Waals surface area contributed by atoms with E-state index in [4.69, 9.17) is 11.3 Å². The van der Waals surface area contributed by atoms with Crippen molar-refractivity contribution in [2.45, 2.75) is 0 Å². The van der Waals surface area contributed by atoms with Crippen LogP contribution in [-0.2, 0) is 10.0 Å². The lowest BCUT2D eigenvalue weighted by Gasteiger charge is -2.03. The van der Waals surface area contributed by atoms with Crippen molar-refractivity contribution in [3.05, 3.63) is 41.9 Å². The molecule has 0 aliphatic heterocycles. The SMILES string of the molecule is [C-]#[N+]COc1ccc2ccn(S(C)(=O)=O)c2c1. The number of benzene rings is 1. The predicted molar refractivity (Wildman–Crippen MR) is 64.3 cm³/mol. The van der Waals surface area contributed by atoms with Crippen molar-refractivity contribution in [1.29, 1.82) is 0 Å². The number of ether oxygens (including phenoxy) is 1. The first kappa shape index (κ1) is 11.5. The number of nitrogens with zero attached hydrogens (tertiary/aromatic N) is 2. The molecule has 0 aliphatic carbocycles. The Labute approximate surface area is 99.1 Å². The summed E-state index contributed by atoms with van der Waals surface area (Å²) >= 11 is 0. The van der Waals surface area contributed by atoms with Gasteiger partial charge in [0.15, 0.2) is 0 Å². The zero-order chi connectivity index (χ0) is 12.5. The molecule has 0 fully saturated rings. The molecule has 0 saturated heterocycles. The van der Waals surface area contributed by atoms with Crippen LogP contribution in [0.25, 0.3) is 15.7 Å². The Hall–Kier alpha value is -2.00. The summed E-state index contributed by atoms with van der Waals surface area (Å²) in [5, 5.41) is 0.811. The first-order chi connectivity index (χ1) is 8.02. The molecule has 88 valence electrons. The Morgan fingerprint density at radius 2 is 2.18 bits per heavy atom. The zero-order valence-electron chi connectivity index (χ0n) is 9.12.